The number of nitrogens with one attached hydrogen (secondary N) is 2. The molecule has 0 bridgehead atoms. The summed E-state index contributed by atoms with van der Waals surface area (Å²) in [7, 11) is 0. The molecule has 0 spiro atoms. The number of H-pyrrole nitrogens is 1. The monoisotopic (exact) mass is 289 g/mol. The average Bonchev–Trinajstić information content (AvgIpc) is 2.88. The third kappa shape index (κ3) is 2.89. The maximum atomic E-state index is 12.0. The Hall–Kier alpha value is -3.16. The van der Waals surface area contributed by atoms with E-state index in [4.69, 9.17) is 5.11 Å². The fourth-order valence-electron chi connectivity index (χ4n) is 1.87. The Morgan fingerprint density at radius 2 is 2.00 bits per heavy atom. The molecule has 2 rings (SSSR count). The Bertz CT molecular complexity index is 735. The summed E-state index contributed by atoms with van der Waals surface area (Å²) in [6, 6.07) is 7.08. The Morgan fingerprint density at radius 3 is 2.57 bits per heavy atom. The lowest BCUT2D eigenvalue weighted by Crippen LogP contribution is -2.16. The average molecular weight is 289 g/mol. The van der Waals surface area contributed by atoms with E-state index in [0.29, 0.717) is 5.56 Å². The summed E-state index contributed by atoms with van der Waals surface area (Å²) in [5, 5.41) is 22.1. The van der Waals surface area contributed by atoms with Gasteiger partial charge in [0.15, 0.2) is 5.69 Å². The number of rotatable bonds is 4. The van der Waals surface area contributed by atoms with E-state index < -0.39 is 16.8 Å². The van der Waals surface area contributed by atoms with Gasteiger partial charge in [-0.05, 0) is 29.5 Å². The summed E-state index contributed by atoms with van der Waals surface area (Å²) in [4.78, 5) is 35.4. The number of carbonyl (C=O) groups is 2. The zero-order valence-corrected chi connectivity index (χ0v) is 10.9. The van der Waals surface area contributed by atoms with Crippen LogP contribution in [0.15, 0.2) is 30.3 Å². The highest BCUT2D eigenvalue weighted by Crippen LogP contribution is 2.20. The molecule has 2 aromatic rings. The molecule has 0 fully saturated rings. The maximum Gasteiger partial charge on any atom is 0.338 e. The maximum absolute atomic E-state index is 12.0. The number of hydrogen-bond acceptors (Lipinski definition) is 4. The second-order valence-electron chi connectivity index (χ2n) is 4.27. The van der Waals surface area contributed by atoms with Crippen LogP contribution in [0.2, 0.25) is 0 Å². The highest BCUT2D eigenvalue weighted by Gasteiger charge is 2.19. The molecule has 0 aliphatic rings. The van der Waals surface area contributed by atoms with Gasteiger partial charge < -0.3 is 20.5 Å². The quantitative estimate of drug-likeness (QED) is 0.587. The number of aromatic amines is 1. The van der Waals surface area contributed by atoms with Crippen molar-refractivity contribution in [1.82, 2.24) is 4.98 Å². The van der Waals surface area contributed by atoms with Crippen molar-refractivity contribution in [3.05, 3.63) is 57.3 Å². The summed E-state index contributed by atoms with van der Waals surface area (Å²) in [6.45, 7) is 1.61. The standard InChI is InChI=1S/C13H11N3O5/c1-7-3-2-4-8(11(7)13(18)19)15-12(17)9-5-6-10(14-9)16(20)21/h2-6,14H,1H3,(H,15,17)(H,18,19). The number of carboxylic acid groups (broad SMARTS) is 1. The van der Waals surface area contributed by atoms with Crippen LogP contribution in [-0.4, -0.2) is 26.9 Å². The van der Waals surface area contributed by atoms with Crippen LogP contribution in [0.3, 0.4) is 0 Å². The van der Waals surface area contributed by atoms with Gasteiger partial charge in [-0.25, -0.2) is 9.78 Å². The van der Waals surface area contributed by atoms with Gasteiger partial charge in [0.25, 0.3) is 5.91 Å². The molecule has 21 heavy (non-hydrogen) atoms. The van der Waals surface area contributed by atoms with E-state index >= 15 is 0 Å². The summed E-state index contributed by atoms with van der Waals surface area (Å²) < 4.78 is 0. The first-order chi connectivity index (χ1) is 9.90. The number of nitro groups is 1. The summed E-state index contributed by atoms with van der Waals surface area (Å²) in [6.07, 6.45) is 0. The highest BCUT2D eigenvalue weighted by atomic mass is 16.6. The predicted molar refractivity (Wildman–Crippen MR) is 73.5 cm³/mol. The predicted octanol–water partition coefficient (Wildman–Crippen LogP) is 2.18. The molecule has 3 N–H and O–H groups in total. The first-order valence-electron chi connectivity index (χ1n) is 5.88. The lowest BCUT2D eigenvalue weighted by molar-refractivity contribution is -0.389. The fourth-order valence-corrected chi connectivity index (χ4v) is 1.87. The van der Waals surface area contributed by atoms with Gasteiger partial charge in [0.05, 0.1) is 11.3 Å². The molecule has 1 aromatic heterocycles. The van der Waals surface area contributed by atoms with Gasteiger partial charge in [-0.2, -0.15) is 0 Å². The second-order valence-corrected chi connectivity index (χ2v) is 4.27. The van der Waals surface area contributed by atoms with Crippen molar-refractivity contribution in [2.75, 3.05) is 5.32 Å². The number of amides is 1. The van der Waals surface area contributed by atoms with E-state index in [1.54, 1.807) is 19.1 Å². The molecule has 108 valence electrons. The van der Waals surface area contributed by atoms with Gasteiger partial charge in [-0.3, -0.25) is 4.79 Å². The Labute approximate surface area is 118 Å². The lowest BCUT2D eigenvalue weighted by Gasteiger charge is -2.09. The zero-order valence-electron chi connectivity index (χ0n) is 10.9. The van der Waals surface area contributed by atoms with Crippen molar-refractivity contribution in [1.29, 1.82) is 0 Å². The number of hydrogen-bond donors (Lipinski definition) is 3. The smallest absolute Gasteiger partial charge is 0.338 e. The molecule has 0 aliphatic carbocycles. The van der Waals surface area contributed by atoms with E-state index in [1.165, 1.54) is 12.1 Å². The van der Waals surface area contributed by atoms with E-state index in [1.807, 2.05) is 0 Å². The normalized spacial score (nSPS) is 10.1. The fraction of sp³-hybridized carbons (Fsp3) is 0.0769. The van der Waals surface area contributed by atoms with Crippen molar-refractivity contribution < 1.29 is 19.6 Å². The number of carboxylic acids is 1. The molecule has 8 nitrogen and oxygen atoms in total. The molecule has 1 amide bonds. The molecule has 8 heteroatoms. The van der Waals surface area contributed by atoms with Crippen LogP contribution in [-0.2, 0) is 0 Å². The van der Waals surface area contributed by atoms with Gasteiger partial charge in [0.1, 0.15) is 0 Å². The molecule has 1 heterocycles. The van der Waals surface area contributed by atoms with E-state index in [2.05, 4.69) is 10.3 Å². The lowest BCUT2D eigenvalue weighted by atomic mass is 10.1. The van der Waals surface area contributed by atoms with E-state index in [0.717, 1.165) is 6.07 Å². The minimum Gasteiger partial charge on any atom is -0.478 e. The Morgan fingerprint density at radius 1 is 1.29 bits per heavy atom. The first-order valence-corrected chi connectivity index (χ1v) is 5.88. The van der Waals surface area contributed by atoms with Gasteiger partial charge >= 0.3 is 11.8 Å². The molecule has 0 unspecified atom stereocenters. The number of nitrogens with zero attached hydrogens (tertiary/aromatic N) is 1. The van der Waals surface area contributed by atoms with E-state index in [-0.39, 0.29) is 22.8 Å². The third-order valence-corrected chi connectivity index (χ3v) is 2.85. The van der Waals surface area contributed by atoms with Crippen molar-refractivity contribution in [3.63, 3.8) is 0 Å². The van der Waals surface area contributed by atoms with Crippen LogP contribution >= 0.6 is 0 Å². The molecule has 0 aliphatic heterocycles. The molecule has 0 radical (unpaired) electrons. The van der Waals surface area contributed by atoms with Crippen LogP contribution in [0.4, 0.5) is 11.5 Å². The number of anilines is 1. The second kappa shape index (κ2) is 5.45. The minimum absolute atomic E-state index is 0.0214. The third-order valence-electron chi connectivity index (χ3n) is 2.85. The number of aryl methyl sites for hydroxylation is 1. The molecule has 0 saturated heterocycles. The van der Waals surface area contributed by atoms with E-state index in [9.17, 15) is 19.7 Å². The van der Waals surface area contributed by atoms with Gasteiger partial charge in [-0.1, -0.05) is 12.1 Å². The van der Waals surface area contributed by atoms with Gasteiger partial charge in [-0.15, -0.1) is 0 Å². The van der Waals surface area contributed by atoms with Gasteiger partial charge in [0, 0.05) is 6.07 Å². The molecule has 0 saturated carbocycles. The zero-order chi connectivity index (χ0) is 15.6. The van der Waals surface area contributed by atoms with Crippen molar-refractivity contribution in [3.8, 4) is 0 Å². The number of carbonyl (C=O) groups excluding carboxylic acids is 1. The molecular formula is C13H11N3O5. The van der Waals surface area contributed by atoms with Crippen LogP contribution in [0, 0.1) is 17.0 Å². The minimum atomic E-state index is -1.17. The topological polar surface area (TPSA) is 125 Å². The van der Waals surface area contributed by atoms with Crippen LogP contribution < -0.4 is 5.32 Å². The molecule has 1 aromatic carbocycles. The van der Waals surface area contributed by atoms with Crippen LogP contribution in [0.1, 0.15) is 26.4 Å². The number of benzene rings is 1. The summed E-state index contributed by atoms with van der Waals surface area (Å²) >= 11 is 0. The SMILES string of the molecule is Cc1cccc(NC(=O)c2ccc([N+](=O)[O-])[nH]2)c1C(=O)O. The van der Waals surface area contributed by atoms with Crippen LogP contribution in [0.25, 0.3) is 0 Å². The van der Waals surface area contributed by atoms with Crippen molar-refractivity contribution >= 4 is 23.4 Å². The highest BCUT2D eigenvalue weighted by molar-refractivity contribution is 6.07. The Kier molecular flexibility index (Phi) is 3.70. The summed E-state index contributed by atoms with van der Waals surface area (Å²) in [5.41, 5.74) is 0.578. The molecule has 0 atom stereocenters. The molecular weight excluding hydrogens is 278 g/mol. The van der Waals surface area contributed by atoms with Crippen LogP contribution in [0.5, 0.6) is 0 Å². The number of aromatic nitrogens is 1. The van der Waals surface area contributed by atoms with Gasteiger partial charge in [0.2, 0.25) is 0 Å². The largest absolute Gasteiger partial charge is 0.478 e. The number of aromatic carboxylic acids is 1. The summed E-state index contributed by atoms with van der Waals surface area (Å²) in [5.74, 6) is -2.14. The Balaban J connectivity index is 2.29. The van der Waals surface area contributed by atoms with Crippen molar-refractivity contribution in [2.45, 2.75) is 6.92 Å². The van der Waals surface area contributed by atoms with Crippen molar-refractivity contribution in [2.24, 2.45) is 0 Å². The first kappa shape index (κ1) is 14.3.